The molecule has 0 saturated heterocycles. The molecule has 1 N–H and O–H groups in total. The number of benzene rings is 1. The molecule has 0 bridgehead atoms. The second kappa shape index (κ2) is 4.36. The molecule has 0 aliphatic carbocycles. The molecule has 0 radical (unpaired) electrons. The molecule has 4 heteroatoms. The van der Waals surface area contributed by atoms with E-state index in [9.17, 15) is 9.59 Å². The second-order valence-corrected chi connectivity index (χ2v) is 3.75. The van der Waals surface area contributed by atoms with Crippen LogP contribution >= 0.6 is 22.6 Å². The molecule has 0 amide bonds. The van der Waals surface area contributed by atoms with Crippen molar-refractivity contribution in [3.05, 3.63) is 33.4 Å². The van der Waals surface area contributed by atoms with Gasteiger partial charge in [0.15, 0.2) is 5.78 Å². The van der Waals surface area contributed by atoms with E-state index in [0.717, 1.165) is 3.57 Å². The molecule has 0 aliphatic rings. The number of ketones is 1. The summed E-state index contributed by atoms with van der Waals surface area (Å²) in [7, 11) is 0. The zero-order chi connectivity index (χ0) is 9.84. The Morgan fingerprint density at radius 3 is 2.62 bits per heavy atom. The van der Waals surface area contributed by atoms with Crippen molar-refractivity contribution in [2.24, 2.45) is 0 Å². The fourth-order valence-electron chi connectivity index (χ4n) is 0.901. The van der Waals surface area contributed by atoms with E-state index >= 15 is 0 Å². The first-order valence-corrected chi connectivity index (χ1v) is 4.68. The number of carboxylic acids is 1. The Balaban J connectivity index is 2.83. The van der Waals surface area contributed by atoms with Gasteiger partial charge in [-0.15, -0.1) is 0 Å². The first-order chi connectivity index (χ1) is 6.09. The second-order valence-electron chi connectivity index (χ2n) is 2.50. The van der Waals surface area contributed by atoms with Gasteiger partial charge in [0.2, 0.25) is 0 Å². The predicted molar refractivity (Wildman–Crippen MR) is 55.7 cm³/mol. The SMILES string of the molecule is O=C(O)CC(=O)c1cccc(I)c1. The summed E-state index contributed by atoms with van der Waals surface area (Å²) < 4.78 is 0.925. The standard InChI is InChI=1S/C9H7IO3/c10-7-3-1-2-6(4-7)8(11)5-9(12)13/h1-4H,5H2,(H,12,13). The van der Waals surface area contributed by atoms with Gasteiger partial charge in [-0.2, -0.15) is 0 Å². The Morgan fingerprint density at radius 1 is 1.38 bits per heavy atom. The average Bonchev–Trinajstić information content (AvgIpc) is 2.03. The molecule has 1 aromatic carbocycles. The summed E-state index contributed by atoms with van der Waals surface area (Å²) in [5, 5.41) is 8.39. The van der Waals surface area contributed by atoms with E-state index in [1.807, 2.05) is 6.07 Å². The maximum atomic E-state index is 11.2. The first-order valence-electron chi connectivity index (χ1n) is 3.60. The molecule has 0 fully saturated rings. The molecule has 0 aromatic heterocycles. The van der Waals surface area contributed by atoms with Gasteiger partial charge in [-0.3, -0.25) is 9.59 Å². The molecule has 0 unspecified atom stereocenters. The Hall–Kier alpha value is -0.910. The van der Waals surface area contributed by atoms with Crippen LogP contribution in [-0.4, -0.2) is 16.9 Å². The van der Waals surface area contributed by atoms with Gasteiger partial charge in [-0.1, -0.05) is 12.1 Å². The predicted octanol–water partition coefficient (Wildman–Crippen LogP) is 1.95. The number of hydrogen-bond acceptors (Lipinski definition) is 2. The molecule has 0 heterocycles. The zero-order valence-electron chi connectivity index (χ0n) is 6.66. The lowest BCUT2D eigenvalue weighted by Gasteiger charge is -1.97. The van der Waals surface area contributed by atoms with Gasteiger partial charge in [0, 0.05) is 9.13 Å². The number of Topliss-reactive ketones (excluding diaryl/α,β-unsaturated/α-hetero) is 1. The fraction of sp³-hybridized carbons (Fsp3) is 0.111. The van der Waals surface area contributed by atoms with Crippen LogP contribution in [0.25, 0.3) is 0 Å². The molecule has 0 aliphatic heterocycles. The number of carbonyl (C=O) groups is 2. The molecule has 0 atom stereocenters. The van der Waals surface area contributed by atoms with Crippen molar-refractivity contribution in [1.29, 1.82) is 0 Å². The summed E-state index contributed by atoms with van der Waals surface area (Å²) in [6, 6.07) is 6.87. The van der Waals surface area contributed by atoms with Crippen LogP contribution in [0, 0.1) is 3.57 Å². The van der Waals surface area contributed by atoms with E-state index in [2.05, 4.69) is 22.6 Å². The summed E-state index contributed by atoms with van der Waals surface area (Å²) in [5.74, 6) is -1.45. The summed E-state index contributed by atoms with van der Waals surface area (Å²) >= 11 is 2.07. The third kappa shape index (κ3) is 3.14. The highest BCUT2D eigenvalue weighted by Crippen LogP contribution is 2.09. The molecule has 1 rings (SSSR count). The minimum Gasteiger partial charge on any atom is -0.481 e. The van der Waals surface area contributed by atoms with Gasteiger partial charge in [0.05, 0.1) is 0 Å². The topological polar surface area (TPSA) is 54.4 Å². The van der Waals surface area contributed by atoms with E-state index < -0.39 is 12.4 Å². The van der Waals surface area contributed by atoms with Crippen molar-refractivity contribution in [1.82, 2.24) is 0 Å². The van der Waals surface area contributed by atoms with Crippen molar-refractivity contribution in [2.45, 2.75) is 6.42 Å². The van der Waals surface area contributed by atoms with Gasteiger partial charge in [0.1, 0.15) is 6.42 Å². The van der Waals surface area contributed by atoms with Gasteiger partial charge in [-0.25, -0.2) is 0 Å². The van der Waals surface area contributed by atoms with E-state index in [1.165, 1.54) is 0 Å². The van der Waals surface area contributed by atoms with Crippen LogP contribution in [0.4, 0.5) is 0 Å². The Labute approximate surface area is 88.9 Å². The average molecular weight is 290 g/mol. The number of aliphatic carboxylic acids is 1. The molecular weight excluding hydrogens is 283 g/mol. The summed E-state index contributed by atoms with van der Waals surface area (Å²) in [6.45, 7) is 0. The van der Waals surface area contributed by atoms with E-state index in [4.69, 9.17) is 5.11 Å². The van der Waals surface area contributed by atoms with E-state index in [0.29, 0.717) is 5.56 Å². The van der Waals surface area contributed by atoms with Crippen LogP contribution in [-0.2, 0) is 4.79 Å². The first kappa shape index (κ1) is 10.2. The number of carbonyl (C=O) groups excluding carboxylic acids is 1. The molecule has 3 nitrogen and oxygen atoms in total. The zero-order valence-corrected chi connectivity index (χ0v) is 8.82. The summed E-state index contributed by atoms with van der Waals surface area (Å²) in [4.78, 5) is 21.5. The molecular formula is C9H7IO3. The van der Waals surface area contributed by atoms with Gasteiger partial charge in [0.25, 0.3) is 0 Å². The number of hydrogen-bond donors (Lipinski definition) is 1. The molecule has 13 heavy (non-hydrogen) atoms. The monoisotopic (exact) mass is 290 g/mol. The number of rotatable bonds is 3. The lowest BCUT2D eigenvalue weighted by molar-refractivity contribution is -0.135. The molecule has 1 aromatic rings. The van der Waals surface area contributed by atoms with E-state index in [1.54, 1.807) is 18.2 Å². The number of halogens is 1. The largest absolute Gasteiger partial charge is 0.481 e. The van der Waals surface area contributed by atoms with Gasteiger partial charge < -0.3 is 5.11 Å². The van der Waals surface area contributed by atoms with Crippen LogP contribution in [0.15, 0.2) is 24.3 Å². The quantitative estimate of drug-likeness (QED) is 0.526. The normalized spacial score (nSPS) is 9.62. The van der Waals surface area contributed by atoms with E-state index in [-0.39, 0.29) is 5.78 Å². The van der Waals surface area contributed by atoms with Crippen molar-refractivity contribution in [2.75, 3.05) is 0 Å². The molecule has 68 valence electrons. The smallest absolute Gasteiger partial charge is 0.311 e. The maximum Gasteiger partial charge on any atom is 0.311 e. The minimum atomic E-state index is -1.09. The molecule has 0 saturated carbocycles. The maximum absolute atomic E-state index is 11.2. The van der Waals surface area contributed by atoms with Gasteiger partial charge >= 0.3 is 5.97 Å². The third-order valence-corrected chi connectivity index (χ3v) is 2.13. The Kier molecular flexibility index (Phi) is 3.41. The van der Waals surface area contributed by atoms with Crippen molar-refractivity contribution in [3.63, 3.8) is 0 Å². The highest BCUT2D eigenvalue weighted by molar-refractivity contribution is 14.1. The highest BCUT2D eigenvalue weighted by atomic mass is 127. The van der Waals surface area contributed by atoms with Crippen molar-refractivity contribution in [3.8, 4) is 0 Å². The fourth-order valence-corrected chi connectivity index (χ4v) is 1.44. The summed E-state index contributed by atoms with van der Waals surface area (Å²) in [6.07, 6.45) is -0.444. The Morgan fingerprint density at radius 2 is 2.08 bits per heavy atom. The lowest BCUT2D eigenvalue weighted by atomic mass is 10.1. The van der Waals surface area contributed by atoms with Crippen LogP contribution in [0.1, 0.15) is 16.8 Å². The van der Waals surface area contributed by atoms with Crippen molar-refractivity contribution >= 4 is 34.3 Å². The highest BCUT2D eigenvalue weighted by Gasteiger charge is 2.09. The van der Waals surface area contributed by atoms with Crippen LogP contribution < -0.4 is 0 Å². The molecule has 0 spiro atoms. The van der Waals surface area contributed by atoms with Crippen LogP contribution in [0.3, 0.4) is 0 Å². The van der Waals surface area contributed by atoms with Crippen molar-refractivity contribution < 1.29 is 14.7 Å². The third-order valence-electron chi connectivity index (χ3n) is 1.46. The number of carboxylic acid groups (broad SMARTS) is 1. The minimum absolute atomic E-state index is 0.356. The lowest BCUT2D eigenvalue weighted by Crippen LogP contribution is -2.06. The summed E-state index contributed by atoms with van der Waals surface area (Å²) in [5.41, 5.74) is 0.453. The van der Waals surface area contributed by atoms with Gasteiger partial charge in [-0.05, 0) is 34.7 Å². The Bertz CT molecular complexity index is 346. The van der Waals surface area contributed by atoms with Crippen LogP contribution in [0.2, 0.25) is 0 Å². The van der Waals surface area contributed by atoms with Crippen LogP contribution in [0.5, 0.6) is 0 Å².